The third-order valence-electron chi connectivity index (χ3n) is 5.43. The second-order valence-electron chi connectivity index (χ2n) is 7.47. The smallest absolute Gasteiger partial charge is 0.272 e. The van der Waals surface area contributed by atoms with Crippen LogP contribution in [0.2, 0.25) is 0 Å². The molecule has 4 rings (SSSR count). The minimum absolute atomic E-state index is 0.103. The lowest BCUT2D eigenvalue weighted by Gasteiger charge is -2.34. The summed E-state index contributed by atoms with van der Waals surface area (Å²) in [6, 6.07) is 14.3. The van der Waals surface area contributed by atoms with Gasteiger partial charge in [-0.1, -0.05) is 12.1 Å². The second-order valence-corrected chi connectivity index (χ2v) is 7.47. The number of fused-ring (bicyclic) bond motifs is 1. The van der Waals surface area contributed by atoms with E-state index in [9.17, 15) is 4.79 Å². The Morgan fingerprint density at radius 1 is 1.00 bits per heavy atom. The molecule has 3 aromatic rings. The van der Waals surface area contributed by atoms with Gasteiger partial charge in [-0.15, -0.1) is 0 Å². The monoisotopic (exact) mass is 362 g/mol. The van der Waals surface area contributed by atoms with E-state index >= 15 is 0 Å². The molecule has 0 saturated carbocycles. The van der Waals surface area contributed by atoms with Crippen molar-refractivity contribution in [3.63, 3.8) is 0 Å². The summed E-state index contributed by atoms with van der Waals surface area (Å²) in [7, 11) is 2.16. The van der Waals surface area contributed by atoms with Gasteiger partial charge in [-0.05, 0) is 62.4 Å². The summed E-state index contributed by atoms with van der Waals surface area (Å²) in [6.07, 6.45) is 0. The first kappa shape index (κ1) is 17.6. The Kier molecular flexibility index (Phi) is 4.62. The first-order valence-electron chi connectivity index (χ1n) is 9.45. The molecule has 0 unspecified atom stereocenters. The van der Waals surface area contributed by atoms with Crippen molar-refractivity contribution < 1.29 is 4.79 Å². The van der Waals surface area contributed by atoms with Crippen LogP contribution in [0.3, 0.4) is 0 Å². The SMILES string of the molecule is Cc1ccc2c(C)c(C(=O)Nc3ccc(N4CCN(C)CC4)cc3)[nH]c2c1. The quantitative estimate of drug-likeness (QED) is 0.745. The predicted octanol–water partition coefficient (Wildman–Crippen LogP) is 3.79. The standard InChI is InChI=1S/C22H26N4O/c1-15-4-9-19-16(2)21(24-20(19)14-15)22(27)23-17-5-7-18(8-6-17)26-12-10-25(3)11-13-26/h4-9,14,24H,10-13H2,1-3H3,(H,23,27). The summed E-state index contributed by atoms with van der Waals surface area (Å²) in [5.41, 5.74) is 5.80. The molecule has 1 saturated heterocycles. The van der Waals surface area contributed by atoms with Crippen molar-refractivity contribution >= 4 is 28.2 Å². The number of piperazine rings is 1. The van der Waals surface area contributed by atoms with Crippen LogP contribution in [0.4, 0.5) is 11.4 Å². The topological polar surface area (TPSA) is 51.4 Å². The number of carbonyl (C=O) groups excluding carboxylic acids is 1. The van der Waals surface area contributed by atoms with E-state index in [0.717, 1.165) is 48.3 Å². The summed E-state index contributed by atoms with van der Waals surface area (Å²) >= 11 is 0. The van der Waals surface area contributed by atoms with Crippen LogP contribution in [-0.2, 0) is 0 Å². The minimum Gasteiger partial charge on any atom is -0.369 e. The Morgan fingerprint density at radius 2 is 1.70 bits per heavy atom. The van der Waals surface area contributed by atoms with Crippen molar-refractivity contribution in [2.24, 2.45) is 0 Å². The van der Waals surface area contributed by atoms with Crippen LogP contribution in [0.5, 0.6) is 0 Å². The Hall–Kier alpha value is -2.79. The number of nitrogens with zero attached hydrogens (tertiary/aromatic N) is 2. The zero-order chi connectivity index (χ0) is 19.0. The van der Waals surface area contributed by atoms with Crippen LogP contribution in [0.1, 0.15) is 21.6 Å². The molecule has 1 aliphatic heterocycles. The molecule has 1 amide bonds. The second kappa shape index (κ2) is 7.08. The number of nitrogens with one attached hydrogen (secondary N) is 2. The van der Waals surface area contributed by atoms with E-state index in [1.807, 2.05) is 19.1 Å². The number of anilines is 2. The lowest BCUT2D eigenvalue weighted by Crippen LogP contribution is -2.44. The molecule has 0 radical (unpaired) electrons. The maximum atomic E-state index is 12.8. The molecule has 0 aliphatic carbocycles. The van der Waals surface area contributed by atoms with Crippen molar-refractivity contribution in [3.8, 4) is 0 Å². The number of amides is 1. The van der Waals surface area contributed by atoms with E-state index in [1.54, 1.807) is 0 Å². The summed E-state index contributed by atoms with van der Waals surface area (Å²) in [5, 5.41) is 4.11. The Morgan fingerprint density at radius 3 is 2.41 bits per heavy atom. The van der Waals surface area contributed by atoms with E-state index in [0.29, 0.717) is 5.69 Å². The van der Waals surface area contributed by atoms with Crippen LogP contribution in [0.15, 0.2) is 42.5 Å². The molecular weight excluding hydrogens is 336 g/mol. The molecule has 0 atom stereocenters. The Balaban J connectivity index is 1.49. The first-order chi connectivity index (χ1) is 13.0. The van der Waals surface area contributed by atoms with Gasteiger partial charge in [-0.25, -0.2) is 0 Å². The largest absolute Gasteiger partial charge is 0.369 e. The highest BCUT2D eigenvalue weighted by Crippen LogP contribution is 2.24. The number of carbonyl (C=O) groups is 1. The first-order valence-corrected chi connectivity index (χ1v) is 9.45. The fourth-order valence-electron chi connectivity index (χ4n) is 3.69. The average molecular weight is 362 g/mol. The average Bonchev–Trinajstić information content (AvgIpc) is 2.99. The van der Waals surface area contributed by atoms with Gasteiger partial charge in [0.05, 0.1) is 0 Å². The molecule has 0 bridgehead atoms. The number of hydrogen-bond acceptors (Lipinski definition) is 3. The van der Waals surface area contributed by atoms with Crippen molar-refractivity contribution in [1.29, 1.82) is 0 Å². The highest BCUT2D eigenvalue weighted by Gasteiger charge is 2.16. The molecule has 0 spiro atoms. The van der Waals surface area contributed by atoms with Crippen LogP contribution in [0.25, 0.3) is 10.9 Å². The number of aromatic amines is 1. The normalized spacial score (nSPS) is 15.3. The number of aromatic nitrogens is 1. The van der Waals surface area contributed by atoms with Crippen LogP contribution < -0.4 is 10.2 Å². The van der Waals surface area contributed by atoms with Gasteiger partial charge in [0.25, 0.3) is 5.91 Å². The highest BCUT2D eigenvalue weighted by atomic mass is 16.1. The maximum Gasteiger partial charge on any atom is 0.272 e. The van der Waals surface area contributed by atoms with Gasteiger partial charge in [0.15, 0.2) is 0 Å². The van der Waals surface area contributed by atoms with E-state index in [1.165, 1.54) is 11.3 Å². The third kappa shape index (κ3) is 3.55. The molecule has 1 aliphatic rings. The van der Waals surface area contributed by atoms with Gasteiger partial charge in [0.1, 0.15) is 5.69 Å². The predicted molar refractivity (Wildman–Crippen MR) is 112 cm³/mol. The number of benzene rings is 2. The Labute approximate surface area is 160 Å². The van der Waals surface area contributed by atoms with Gasteiger partial charge in [0.2, 0.25) is 0 Å². The lowest BCUT2D eigenvalue weighted by atomic mass is 10.1. The zero-order valence-electron chi connectivity index (χ0n) is 16.2. The van der Waals surface area contributed by atoms with Gasteiger partial charge in [-0.3, -0.25) is 4.79 Å². The fraction of sp³-hybridized carbons (Fsp3) is 0.318. The summed E-state index contributed by atoms with van der Waals surface area (Å²) in [5.74, 6) is -0.103. The van der Waals surface area contributed by atoms with E-state index in [2.05, 4.69) is 64.4 Å². The number of rotatable bonds is 3. The molecule has 5 heteroatoms. The zero-order valence-corrected chi connectivity index (χ0v) is 16.2. The van der Waals surface area contributed by atoms with Gasteiger partial charge in [0, 0.05) is 48.5 Å². The molecule has 5 nitrogen and oxygen atoms in total. The summed E-state index contributed by atoms with van der Waals surface area (Å²) < 4.78 is 0. The number of likely N-dealkylation sites (N-methyl/N-ethyl adjacent to an activating group) is 1. The Bertz CT molecular complexity index is 966. The molecule has 1 aromatic heterocycles. The minimum atomic E-state index is -0.103. The molecule has 2 heterocycles. The van der Waals surface area contributed by atoms with Crippen molar-refractivity contribution in [1.82, 2.24) is 9.88 Å². The number of hydrogen-bond donors (Lipinski definition) is 2. The maximum absolute atomic E-state index is 12.8. The van der Waals surface area contributed by atoms with Crippen LogP contribution in [0, 0.1) is 13.8 Å². The molecule has 27 heavy (non-hydrogen) atoms. The summed E-state index contributed by atoms with van der Waals surface area (Å²) in [4.78, 5) is 20.7. The van der Waals surface area contributed by atoms with Gasteiger partial charge < -0.3 is 20.1 Å². The number of aryl methyl sites for hydroxylation is 2. The molecular formula is C22H26N4O. The van der Waals surface area contributed by atoms with Crippen LogP contribution >= 0.6 is 0 Å². The van der Waals surface area contributed by atoms with Crippen molar-refractivity contribution in [2.75, 3.05) is 43.4 Å². The highest BCUT2D eigenvalue weighted by molar-refractivity contribution is 6.07. The molecule has 140 valence electrons. The van der Waals surface area contributed by atoms with Gasteiger partial charge in [-0.2, -0.15) is 0 Å². The molecule has 2 N–H and O–H groups in total. The lowest BCUT2D eigenvalue weighted by molar-refractivity contribution is 0.102. The number of H-pyrrole nitrogens is 1. The molecule has 2 aromatic carbocycles. The summed E-state index contributed by atoms with van der Waals surface area (Å²) in [6.45, 7) is 8.28. The van der Waals surface area contributed by atoms with Crippen molar-refractivity contribution in [3.05, 3.63) is 59.3 Å². The third-order valence-corrected chi connectivity index (χ3v) is 5.43. The van der Waals surface area contributed by atoms with E-state index < -0.39 is 0 Å². The van der Waals surface area contributed by atoms with Crippen LogP contribution in [-0.4, -0.2) is 49.0 Å². The van der Waals surface area contributed by atoms with Crippen molar-refractivity contribution in [2.45, 2.75) is 13.8 Å². The van der Waals surface area contributed by atoms with E-state index in [4.69, 9.17) is 0 Å². The fourth-order valence-corrected chi connectivity index (χ4v) is 3.69. The van der Waals surface area contributed by atoms with E-state index in [-0.39, 0.29) is 5.91 Å². The van der Waals surface area contributed by atoms with Gasteiger partial charge >= 0.3 is 0 Å². The molecule has 1 fully saturated rings.